The lowest BCUT2D eigenvalue weighted by Gasteiger charge is -2.48. The minimum absolute atomic E-state index is 0.0965. The summed E-state index contributed by atoms with van der Waals surface area (Å²) in [5.74, 6) is 0.352. The number of piperidine rings is 1. The zero-order valence-electron chi connectivity index (χ0n) is 20.0. The third-order valence-electron chi connectivity index (χ3n) is 8.00. The van der Waals surface area contributed by atoms with Crippen LogP contribution in [0.25, 0.3) is 0 Å². The maximum atomic E-state index is 13.0. The molecule has 8 nitrogen and oxygen atoms in total. The molecule has 1 aliphatic carbocycles. The molecule has 0 bridgehead atoms. The van der Waals surface area contributed by atoms with E-state index < -0.39 is 11.9 Å². The van der Waals surface area contributed by atoms with Gasteiger partial charge in [0.2, 0.25) is 11.8 Å². The molecule has 0 spiro atoms. The lowest BCUT2D eigenvalue weighted by molar-refractivity contribution is -0.136. The molecule has 3 fully saturated rings. The number of benzene rings is 1. The van der Waals surface area contributed by atoms with Gasteiger partial charge in [0.1, 0.15) is 17.9 Å². The van der Waals surface area contributed by atoms with Gasteiger partial charge in [-0.25, -0.2) is 0 Å². The van der Waals surface area contributed by atoms with Gasteiger partial charge in [-0.15, -0.1) is 0 Å². The Bertz CT molecular complexity index is 1200. The molecule has 1 aromatic carbocycles. The van der Waals surface area contributed by atoms with Crippen LogP contribution in [0, 0.1) is 0 Å². The summed E-state index contributed by atoms with van der Waals surface area (Å²) in [4.78, 5) is 45.4. The maximum absolute atomic E-state index is 13.0. The number of aromatic nitrogens is 1. The topological polar surface area (TPSA) is 91.8 Å². The normalized spacial score (nSPS) is 27.0. The van der Waals surface area contributed by atoms with E-state index in [0.717, 1.165) is 49.4 Å². The van der Waals surface area contributed by atoms with E-state index in [0.29, 0.717) is 35.5 Å². The molecule has 4 heterocycles. The number of carbonyl (C=O) groups is 3. The molecule has 2 aromatic rings. The third-order valence-corrected chi connectivity index (χ3v) is 8.22. The van der Waals surface area contributed by atoms with Crippen LogP contribution in [-0.4, -0.2) is 63.8 Å². The second-order valence-corrected chi connectivity index (χ2v) is 10.7. The van der Waals surface area contributed by atoms with Crippen molar-refractivity contribution >= 4 is 29.3 Å². The number of carbonyl (C=O) groups excluding carboxylic acids is 3. The van der Waals surface area contributed by atoms with E-state index in [9.17, 15) is 14.4 Å². The molecule has 3 aliphatic heterocycles. The van der Waals surface area contributed by atoms with E-state index >= 15 is 0 Å². The number of halogens is 1. The number of imide groups is 1. The highest BCUT2D eigenvalue weighted by atomic mass is 35.5. The van der Waals surface area contributed by atoms with E-state index in [1.807, 2.05) is 30.3 Å². The molecule has 1 saturated carbocycles. The Morgan fingerprint density at radius 2 is 1.86 bits per heavy atom. The van der Waals surface area contributed by atoms with Crippen LogP contribution in [0.3, 0.4) is 0 Å². The summed E-state index contributed by atoms with van der Waals surface area (Å²) in [6, 6.07) is 9.29. The summed E-state index contributed by atoms with van der Waals surface area (Å²) in [5, 5.41) is 3.01. The van der Waals surface area contributed by atoms with Crippen molar-refractivity contribution in [3.8, 4) is 5.75 Å². The van der Waals surface area contributed by atoms with Crippen molar-refractivity contribution in [1.82, 2.24) is 20.1 Å². The molecular weight excluding hydrogens is 480 g/mol. The largest absolute Gasteiger partial charge is 0.489 e. The number of likely N-dealkylation sites (tertiary alicyclic amines) is 1. The molecule has 188 valence electrons. The first-order valence-electron chi connectivity index (χ1n) is 12.8. The molecule has 2 saturated heterocycles. The van der Waals surface area contributed by atoms with E-state index in [4.69, 9.17) is 16.3 Å². The van der Waals surface area contributed by atoms with Crippen LogP contribution >= 0.6 is 11.6 Å². The van der Waals surface area contributed by atoms with E-state index in [1.165, 1.54) is 6.42 Å². The van der Waals surface area contributed by atoms with Crippen LogP contribution in [0.4, 0.5) is 0 Å². The molecular formula is C27H29ClN4O4. The molecule has 0 unspecified atom stereocenters. The van der Waals surface area contributed by atoms with Crippen molar-refractivity contribution in [2.24, 2.45) is 0 Å². The monoisotopic (exact) mass is 508 g/mol. The lowest BCUT2D eigenvalue weighted by atomic mass is 9.85. The van der Waals surface area contributed by atoms with Crippen molar-refractivity contribution in [3.05, 3.63) is 58.4 Å². The number of nitrogens with zero attached hydrogens (tertiary/aromatic N) is 3. The summed E-state index contributed by atoms with van der Waals surface area (Å²) in [5.41, 5.74) is 2.56. The van der Waals surface area contributed by atoms with Gasteiger partial charge in [0.15, 0.2) is 0 Å². The lowest BCUT2D eigenvalue weighted by Crippen LogP contribution is -2.57. The van der Waals surface area contributed by atoms with Gasteiger partial charge in [0.25, 0.3) is 5.91 Å². The SMILES string of the molecule is O=C1CC[C@@H](N2Cc3cc(O[C@H]4CCCC[C@@H]4N4CC(c5ccc(Cl)cn5)C4)ccc3C2=O)C(=O)N1. The predicted octanol–water partition coefficient (Wildman–Crippen LogP) is 3.29. The van der Waals surface area contributed by atoms with Crippen molar-refractivity contribution < 1.29 is 19.1 Å². The Balaban J connectivity index is 1.11. The summed E-state index contributed by atoms with van der Waals surface area (Å²) >= 11 is 5.99. The summed E-state index contributed by atoms with van der Waals surface area (Å²) < 4.78 is 6.53. The Morgan fingerprint density at radius 1 is 1.03 bits per heavy atom. The minimum Gasteiger partial charge on any atom is -0.489 e. The Labute approximate surface area is 214 Å². The van der Waals surface area contributed by atoms with Gasteiger partial charge in [-0.2, -0.15) is 0 Å². The van der Waals surface area contributed by atoms with Crippen LogP contribution < -0.4 is 10.1 Å². The first-order valence-corrected chi connectivity index (χ1v) is 13.1. The van der Waals surface area contributed by atoms with Crippen molar-refractivity contribution in [2.75, 3.05) is 13.1 Å². The quantitative estimate of drug-likeness (QED) is 0.623. The first kappa shape index (κ1) is 23.4. The zero-order chi connectivity index (χ0) is 24.8. The molecule has 4 aliphatic rings. The van der Waals surface area contributed by atoms with Crippen LogP contribution in [0.1, 0.15) is 66.1 Å². The third kappa shape index (κ3) is 4.37. The predicted molar refractivity (Wildman–Crippen MR) is 133 cm³/mol. The van der Waals surface area contributed by atoms with Crippen molar-refractivity contribution in [1.29, 1.82) is 0 Å². The summed E-state index contributed by atoms with van der Waals surface area (Å²) in [7, 11) is 0. The molecule has 1 aromatic heterocycles. The van der Waals surface area contributed by atoms with Crippen LogP contribution in [0.5, 0.6) is 5.75 Å². The van der Waals surface area contributed by atoms with Crippen LogP contribution in [-0.2, 0) is 16.1 Å². The van der Waals surface area contributed by atoms with Gasteiger partial charge in [-0.1, -0.05) is 18.0 Å². The molecule has 36 heavy (non-hydrogen) atoms. The number of pyridine rings is 1. The fourth-order valence-electron chi connectivity index (χ4n) is 6.03. The number of amides is 3. The average Bonchev–Trinajstić information content (AvgIpc) is 3.16. The molecule has 1 N–H and O–H groups in total. The van der Waals surface area contributed by atoms with Crippen molar-refractivity contribution in [3.63, 3.8) is 0 Å². The van der Waals surface area contributed by atoms with Gasteiger partial charge in [0, 0.05) is 55.5 Å². The molecule has 3 amide bonds. The molecule has 3 atom stereocenters. The van der Waals surface area contributed by atoms with Crippen LogP contribution in [0.2, 0.25) is 5.02 Å². The molecule has 9 heteroatoms. The van der Waals surface area contributed by atoms with Gasteiger partial charge in [0.05, 0.1) is 5.02 Å². The van der Waals surface area contributed by atoms with Gasteiger partial charge < -0.3 is 9.64 Å². The first-order chi connectivity index (χ1) is 17.5. The Kier molecular flexibility index (Phi) is 6.17. The average molecular weight is 509 g/mol. The second-order valence-electron chi connectivity index (χ2n) is 10.3. The fraction of sp³-hybridized carbons (Fsp3) is 0.481. The Morgan fingerprint density at radius 3 is 2.64 bits per heavy atom. The van der Waals surface area contributed by atoms with E-state index in [-0.39, 0.29) is 24.3 Å². The number of ether oxygens (including phenoxy) is 1. The van der Waals surface area contributed by atoms with Gasteiger partial charge in [-0.3, -0.25) is 29.6 Å². The number of hydrogen-bond acceptors (Lipinski definition) is 6. The number of rotatable bonds is 5. The van der Waals surface area contributed by atoms with Gasteiger partial charge >= 0.3 is 0 Å². The number of nitrogens with one attached hydrogen (secondary N) is 1. The zero-order valence-corrected chi connectivity index (χ0v) is 20.7. The maximum Gasteiger partial charge on any atom is 0.255 e. The Hall–Kier alpha value is -2.97. The smallest absolute Gasteiger partial charge is 0.255 e. The van der Waals surface area contributed by atoms with Crippen LogP contribution in [0.15, 0.2) is 36.5 Å². The highest BCUT2D eigenvalue weighted by molar-refractivity contribution is 6.30. The van der Waals surface area contributed by atoms with E-state index in [2.05, 4.69) is 15.2 Å². The van der Waals surface area contributed by atoms with Crippen molar-refractivity contribution in [2.45, 2.75) is 69.2 Å². The molecule has 0 radical (unpaired) electrons. The summed E-state index contributed by atoms with van der Waals surface area (Å²) in [6.07, 6.45) is 6.88. The second kappa shape index (κ2) is 9.48. The molecule has 6 rings (SSSR count). The highest BCUT2D eigenvalue weighted by Gasteiger charge is 2.41. The fourth-order valence-corrected chi connectivity index (χ4v) is 6.14. The van der Waals surface area contributed by atoms with Gasteiger partial charge in [-0.05, 0) is 61.6 Å². The number of hydrogen-bond donors (Lipinski definition) is 1. The highest BCUT2D eigenvalue weighted by Crippen LogP contribution is 2.36. The standard InChI is InChI=1S/C27H29ClN4O4/c28-18-5-8-21(29-12-18)17-13-31(14-17)22-3-1-2-4-24(22)36-19-6-7-20-16(11-19)15-32(27(20)35)23-9-10-25(33)30-26(23)34/h5-8,11-12,17,22-24H,1-4,9-10,13-15H2,(H,30,33,34)/t22-,23+,24-/m0/s1. The minimum atomic E-state index is -0.607. The number of fused-ring (bicyclic) bond motifs is 1. The van der Waals surface area contributed by atoms with E-state index in [1.54, 1.807) is 11.1 Å². The summed E-state index contributed by atoms with van der Waals surface area (Å²) in [6.45, 7) is 2.30.